The van der Waals surface area contributed by atoms with E-state index in [2.05, 4.69) is 43.5 Å². The van der Waals surface area contributed by atoms with Gasteiger partial charge in [-0.05, 0) is 44.9 Å². The van der Waals surface area contributed by atoms with Crippen molar-refractivity contribution in [3.05, 3.63) is 24.3 Å². The molecule has 0 heterocycles. The van der Waals surface area contributed by atoms with Crippen LogP contribution in [0.4, 0.5) is 0 Å². The zero-order valence-corrected chi connectivity index (χ0v) is 49.1. The maximum Gasteiger partial charge on any atom is 0.268 e. The van der Waals surface area contributed by atoms with E-state index in [0.717, 1.165) is 44.9 Å². The quantitative estimate of drug-likeness (QED) is 0.0272. The van der Waals surface area contributed by atoms with E-state index in [1.807, 2.05) is 21.1 Å². The molecule has 9 heteroatoms. The molecule has 0 aromatic heterocycles. The highest BCUT2D eigenvalue weighted by molar-refractivity contribution is 7.45. The Morgan fingerprint density at radius 3 is 1.17 bits per heavy atom. The molecule has 0 aliphatic carbocycles. The van der Waals surface area contributed by atoms with Crippen LogP contribution in [0.3, 0.4) is 0 Å². The van der Waals surface area contributed by atoms with Crippen molar-refractivity contribution in [3.8, 4) is 0 Å². The highest BCUT2D eigenvalue weighted by atomic mass is 31.2. The molecular weight excluding hydrogens is 900 g/mol. The van der Waals surface area contributed by atoms with Crippen molar-refractivity contribution in [1.29, 1.82) is 0 Å². The molecule has 0 aliphatic rings. The smallest absolute Gasteiger partial charge is 0.268 e. The first-order valence-electron chi connectivity index (χ1n) is 31.2. The van der Waals surface area contributed by atoms with Crippen LogP contribution in [-0.2, 0) is 18.4 Å². The summed E-state index contributed by atoms with van der Waals surface area (Å²) in [5.41, 5.74) is 0. The van der Waals surface area contributed by atoms with Crippen LogP contribution in [0.15, 0.2) is 24.3 Å². The number of phosphoric acid groups is 1. The first kappa shape index (κ1) is 70.0. The van der Waals surface area contributed by atoms with E-state index in [4.69, 9.17) is 9.05 Å². The number of amides is 1. The number of phosphoric ester groups is 1. The summed E-state index contributed by atoms with van der Waals surface area (Å²) in [6.07, 6.45) is 67.9. The lowest BCUT2D eigenvalue weighted by Crippen LogP contribution is -2.46. The van der Waals surface area contributed by atoms with Gasteiger partial charge < -0.3 is 28.8 Å². The van der Waals surface area contributed by atoms with Gasteiger partial charge in [0, 0.05) is 6.42 Å². The first-order valence-corrected chi connectivity index (χ1v) is 32.6. The molecule has 0 fully saturated rings. The molecule has 71 heavy (non-hydrogen) atoms. The van der Waals surface area contributed by atoms with Gasteiger partial charge in [-0.25, -0.2) is 0 Å². The number of quaternary nitrogens is 1. The predicted octanol–water partition coefficient (Wildman–Crippen LogP) is 18.5. The van der Waals surface area contributed by atoms with Crippen LogP contribution < -0.4 is 10.2 Å². The first-order chi connectivity index (χ1) is 34.5. The largest absolute Gasteiger partial charge is 0.756 e. The fourth-order valence-electron chi connectivity index (χ4n) is 9.54. The normalized spacial score (nSPS) is 14.0. The number of carbonyl (C=O) groups is 1. The number of aliphatic hydroxyl groups excluding tert-OH is 1. The van der Waals surface area contributed by atoms with E-state index in [0.29, 0.717) is 23.9 Å². The summed E-state index contributed by atoms with van der Waals surface area (Å²) in [6, 6.07) is -0.801. The maximum absolute atomic E-state index is 13.0. The van der Waals surface area contributed by atoms with Crippen LogP contribution in [0, 0.1) is 0 Å². The number of unbranched alkanes of at least 4 members (excludes halogenated alkanes) is 41. The number of aliphatic hydroxyl groups is 1. The highest BCUT2D eigenvalue weighted by Crippen LogP contribution is 2.38. The minimum atomic E-state index is -4.58. The average Bonchev–Trinajstić information content (AvgIpc) is 3.33. The Kier molecular flexibility index (Phi) is 53.0. The standard InChI is InChI=1S/C62H123N2O6P/c1-6-8-10-12-14-16-18-20-22-24-26-28-30-31-32-33-34-36-38-40-42-44-46-48-50-52-54-56-62(66)63-60(59-70-71(67,68)69-58-57-64(3,4)5)61(65)55-53-51-49-47-45-43-41-39-37-35-29-27-25-23-21-19-17-15-13-11-9-7-2/h26,28,31-32,60-61,65H,6-25,27,29-30,33-59H2,1-5H3,(H-,63,66,67,68)/b28-26-,32-31-. The minimum Gasteiger partial charge on any atom is -0.756 e. The Morgan fingerprint density at radius 1 is 0.493 bits per heavy atom. The molecule has 0 rings (SSSR count). The third-order valence-electron chi connectivity index (χ3n) is 14.4. The van der Waals surface area contributed by atoms with Crippen LogP contribution in [0.5, 0.6) is 0 Å². The van der Waals surface area contributed by atoms with Gasteiger partial charge >= 0.3 is 0 Å². The molecule has 0 saturated carbocycles. The van der Waals surface area contributed by atoms with Gasteiger partial charge in [-0.2, -0.15) is 0 Å². The van der Waals surface area contributed by atoms with E-state index in [9.17, 15) is 19.4 Å². The van der Waals surface area contributed by atoms with Crippen LogP contribution >= 0.6 is 7.82 Å². The monoisotopic (exact) mass is 1020 g/mol. The number of hydrogen-bond acceptors (Lipinski definition) is 6. The molecule has 1 amide bonds. The molecular formula is C62H123N2O6P. The number of nitrogens with zero attached hydrogens (tertiary/aromatic N) is 1. The number of allylic oxidation sites excluding steroid dienone is 4. The molecule has 3 unspecified atom stereocenters. The average molecular weight is 1020 g/mol. The SMILES string of the molecule is CCCCCCCCCCC/C=C\C/C=C\CCCCCCCCCCCCCC(=O)NC(COP(=O)([O-])OCC[N+](C)(C)C)C(O)CCCCCCCCCCCCCCCCCCCCCCCC. The van der Waals surface area contributed by atoms with Gasteiger partial charge in [-0.3, -0.25) is 9.36 Å². The summed E-state index contributed by atoms with van der Waals surface area (Å²) in [5.74, 6) is -0.162. The van der Waals surface area contributed by atoms with Crippen LogP contribution in [-0.4, -0.2) is 68.5 Å². The van der Waals surface area contributed by atoms with Gasteiger partial charge in [0.05, 0.1) is 39.9 Å². The molecule has 3 atom stereocenters. The van der Waals surface area contributed by atoms with Crippen molar-refractivity contribution >= 4 is 13.7 Å². The molecule has 0 aromatic rings. The summed E-state index contributed by atoms with van der Waals surface area (Å²) in [6.45, 7) is 4.77. The second-order valence-electron chi connectivity index (χ2n) is 22.8. The second-order valence-corrected chi connectivity index (χ2v) is 24.2. The van der Waals surface area contributed by atoms with Crippen molar-refractivity contribution in [2.75, 3.05) is 40.9 Å². The van der Waals surface area contributed by atoms with E-state index in [1.165, 1.54) is 244 Å². The summed E-state index contributed by atoms with van der Waals surface area (Å²) in [4.78, 5) is 25.6. The van der Waals surface area contributed by atoms with Crippen molar-refractivity contribution < 1.29 is 32.9 Å². The van der Waals surface area contributed by atoms with E-state index in [1.54, 1.807) is 0 Å². The number of likely N-dealkylation sites (N-methyl/N-ethyl adjacent to an activating group) is 1. The molecule has 0 aliphatic heterocycles. The Bertz CT molecular complexity index is 1210. The van der Waals surface area contributed by atoms with Crippen molar-refractivity contribution in [1.82, 2.24) is 5.32 Å². The molecule has 0 saturated heterocycles. The van der Waals surface area contributed by atoms with Gasteiger partial charge in [0.15, 0.2) is 0 Å². The lowest BCUT2D eigenvalue weighted by Gasteiger charge is -2.30. The Balaban J connectivity index is 4.11. The van der Waals surface area contributed by atoms with Crippen LogP contribution in [0.25, 0.3) is 0 Å². The van der Waals surface area contributed by atoms with E-state index < -0.39 is 20.0 Å². The minimum absolute atomic E-state index is 0.0133. The van der Waals surface area contributed by atoms with Crippen molar-refractivity contribution in [2.45, 2.75) is 328 Å². The fraction of sp³-hybridized carbons (Fsp3) is 0.919. The maximum atomic E-state index is 13.0. The van der Waals surface area contributed by atoms with E-state index >= 15 is 0 Å². The summed E-state index contributed by atoms with van der Waals surface area (Å²) < 4.78 is 23.5. The molecule has 0 bridgehead atoms. The molecule has 0 spiro atoms. The zero-order valence-electron chi connectivity index (χ0n) is 48.2. The van der Waals surface area contributed by atoms with Gasteiger partial charge in [0.2, 0.25) is 5.91 Å². The van der Waals surface area contributed by atoms with Crippen molar-refractivity contribution in [2.24, 2.45) is 0 Å². The van der Waals surface area contributed by atoms with Crippen LogP contribution in [0.1, 0.15) is 316 Å². The Morgan fingerprint density at radius 2 is 0.817 bits per heavy atom. The summed E-state index contributed by atoms with van der Waals surface area (Å²) in [7, 11) is 1.32. The van der Waals surface area contributed by atoms with Gasteiger partial charge in [0.1, 0.15) is 13.2 Å². The lowest BCUT2D eigenvalue weighted by molar-refractivity contribution is -0.870. The Labute approximate surface area is 443 Å². The van der Waals surface area contributed by atoms with Gasteiger partial charge in [0.25, 0.3) is 7.82 Å². The van der Waals surface area contributed by atoms with Crippen molar-refractivity contribution in [3.63, 3.8) is 0 Å². The molecule has 0 radical (unpaired) electrons. The van der Waals surface area contributed by atoms with Gasteiger partial charge in [-0.1, -0.05) is 289 Å². The summed E-state index contributed by atoms with van der Waals surface area (Å²) >= 11 is 0. The lowest BCUT2D eigenvalue weighted by atomic mass is 10.0. The molecule has 422 valence electrons. The van der Waals surface area contributed by atoms with Gasteiger partial charge in [-0.15, -0.1) is 0 Å². The molecule has 2 N–H and O–H groups in total. The van der Waals surface area contributed by atoms with E-state index in [-0.39, 0.29) is 19.1 Å². The number of carbonyl (C=O) groups excluding carboxylic acids is 1. The van der Waals surface area contributed by atoms with Crippen LogP contribution in [0.2, 0.25) is 0 Å². The fourth-order valence-corrected chi connectivity index (χ4v) is 10.3. The summed E-state index contributed by atoms with van der Waals surface area (Å²) in [5, 5.41) is 14.1. The zero-order chi connectivity index (χ0) is 52.0. The Hall–Kier alpha value is -1.02. The number of rotatable bonds is 58. The molecule has 0 aromatic carbocycles. The molecule has 8 nitrogen and oxygen atoms in total. The third kappa shape index (κ3) is 56.5. The third-order valence-corrected chi connectivity index (χ3v) is 15.4. The topological polar surface area (TPSA) is 108 Å². The second kappa shape index (κ2) is 53.8. The highest BCUT2D eigenvalue weighted by Gasteiger charge is 2.24. The number of hydrogen-bond donors (Lipinski definition) is 2. The predicted molar refractivity (Wildman–Crippen MR) is 307 cm³/mol. The number of nitrogens with one attached hydrogen (secondary N) is 1.